The number of nitrogens with one attached hydrogen (secondary N) is 2. The summed E-state index contributed by atoms with van der Waals surface area (Å²) in [5.74, 6) is -1.19. The fourth-order valence-electron chi connectivity index (χ4n) is 3.40. The second-order valence-corrected chi connectivity index (χ2v) is 7.52. The summed E-state index contributed by atoms with van der Waals surface area (Å²) in [6.07, 6.45) is -0.348. The Hall–Kier alpha value is -4.88. The number of benzene rings is 2. The van der Waals surface area contributed by atoms with Gasteiger partial charge in [-0.2, -0.15) is 32.1 Å². The quantitative estimate of drug-likeness (QED) is 0.237. The van der Waals surface area contributed by atoms with Crippen molar-refractivity contribution in [1.82, 2.24) is 19.6 Å². The van der Waals surface area contributed by atoms with Crippen molar-refractivity contribution in [1.29, 1.82) is 5.41 Å². The summed E-state index contributed by atoms with van der Waals surface area (Å²) in [6.45, 7) is -3.12. The van der Waals surface area contributed by atoms with E-state index in [0.717, 1.165) is 58.2 Å². The Balaban J connectivity index is 1.69. The van der Waals surface area contributed by atoms with Gasteiger partial charge in [0.15, 0.2) is 11.5 Å². The van der Waals surface area contributed by atoms with Crippen molar-refractivity contribution in [3.63, 3.8) is 0 Å². The van der Waals surface area contributed by atoms with Gasteiger partial charge < -0.3 is 15.5 Å². The summed E-state index contributed by atoms with van der Waals surface area (Å²) < 4.78 is 85.9. The lowest BCUT2D eigenvalue weighted by Crippen LogP contribution is -2.19. The summed E-state index contributed by atoms with van der Waals surface area (Å²) in [5.41, 5.74) is -2.12. The van der Waals surface area contributed by atoms with Crippen LogP contribution in [-0.4, -0.2) is 32.4 Å². The molecule has 0 aliphatic carbocycles. The minimum Gasteiger partial charge on any atom is -0.417 e. The summed E-state index contributed by atoms with van der Waals surface area (Å²) in [5, 5.41) is 18.0. The Morgan fingerprint density at radius 1 is 1.11 bits per heavy atom. The number of hydrogen-bond donors (Lipinski definition) is 2. The molecular weight excluding hydrogens is 518 g/mol. The van der Waals surface area contributed by atoms with Crippen LogP contribution >= 0.6 is 0 Å². The smallest absolute Gasteiger partial charge is 0.416 e. The van der Waals surface area contributed by atoms with Crippen molar-refractivity contribution >= 4 is 17.6 Å². The third-order valence-electron chi connectivity index (χ3n) is 5.02. The zero-order chi connectivity index (χ0) is 27.4. The topological polar surface area (TPSA) is 97.8 Å². The largest absolute Gasteiger partial charge is 0.417 e. The fourth-order valence-corrected chi connectivity index (χ4v) is 3.40. The van der Waals surface area contributed by atoms with Crippen LogP contribution in [0.5, 0.6) is 5.88 Å². The van der Waals surface area contributed by atoms with Crippen LogP contribution in [0.3, 0.4) is 0 Å². The van der Waals surface area contributed by atoms with E-state index in [0.29, 0.717) is 0 Å². The number of hydrogen-bond acceptors (Lipinski definition) is 6. The molecule has 2 heterocycles. The van der Waals surface area contributed by atoms with Crippen LogP contribution in [0.4, 0.5) is 32.0 Å². The lowest BCUT2D eigenvalue weighted by molar-refractivity contribution is -0.137. The van der Waals surface area contributed by atoms with E-state index in [1.807, 2.05) is 0 Å². The third-order valence-corrected chi connectivity index (χ3v) is 5.02. The molecule has 14 heteroatoms. The van der Waals surface area contributed by atoms with Crippen LogP contribution in [0.2, 0.25) is 0 Å². The average Bonchev–Trinajstić information content (AvgIpc) is 3.31. The average molecular weight is 534 g/mol. The summed E-state index contributed by atoms with van der Waals surface area (Å²) >= 11 is 0. The van der Waals surface area contributed by atoms with Gasteiger partial charge in [0.25, 0.3) is 0 Å². The molecule has 0 amide bonds. The Labute approximate surface area is 209 Å². The molecule has 0 aliphatic heterocycles. The van der Waals surface area contributed by atoms with E-state index in [4.69, 9.17) is 5.41 Å². The maximum atomic E-state index is 15.1. The summed E-state index contributed by atoms with van der Waals surface area (Å²) in [6, 6.07) is 9.99. The number of rotatable bonds is 8. The predicted molar refractivity (Wildman–Crippen MR) is 125 cm³/mol. The molecule has 0 saturated heterocycles. The van der Waals surface area contributed by atoms with Gasteiger partial charge in [0.1, 0.15) is 5.69 Å². The van der Waals surface area contributed by atoms with E-state index in [-0.39, 0.29) is 34.3 Å². The number of aromatic nitrogens is 4. The predicted octanol–water partition coefficient (Wildman–Crippen LogP) is 5.28. The number of anilines is 1. The molecule has 8 nitrogen and oxygen atoms in total. The van der Waals surface area contributed by atoms with E-state index in [9.17, 15) is 26.7 Å². The number of allylic oxidation sites excluding steroid dienone is 1. The maximum Gasteiger partial charge on any atom is 0.416 e. The van der Waals surface area contributed by atoms with E-state index in [1.165, 1.54) is 30.5 Å². The molecule has 196 valence electrons. The highest BCUT2D eigenvalue weighted by Gasteiger charge is 2.30. The molecule has 0 saturated carbocycles. The van der Waals surface area contributed by atoms with Gasteiger partial charge in [-0.15, -0.1) is 0 Å². The van der Waals surface area contributed by atoms with E-state index in [1.54, 1.807) is 0 Å². The number of nitrogens with zero attached hydrogens (tertiary/aromatic N) is 4. The first-order chi connectivity index (χ1) is 18.1. The monoisotopic (exact) mass is 534 g/mol. The Kier molecular flexibility index (Phi) is 7.32. The van der Waals surface area contributed by atoms with Gasteiger partial charge in [-0.05, 0) is 36.4 Å². The van der Waals surface area contributed by atoms with Crippen LogP contribution in [0.15, 0.2) is 77.9 Å². The Morgan fingerprint density at radius 2 is 1.89 bits per heavy atom. The minimum atomic E-state index is -4.60. The fraction of sp³-hybridized carbons (Fsp3) is 0.0833. The molecule has 2 aromatic heterocycles. The van der Waals surface area contributed by atoms with E-state index >= 15 is 4.39 Å². The van der Waals surface area contributed by atoms with Crippen molar-refractivity contribution in [2.45, 2.75) is 12.8 Å². The van der Waals surface area contributed by atoms with Gasteiger partial charge in [-0.1, -0.05) is 6.07 Å². The van der Waals surface area contributed by atoms with Gasteiger partial charge in [0.2, 0.25) is 11.3 Å². The van der Waals surface area contributed by atoms with Crippen LogP contribution in [0.1, 0.15) is 11.3 Å². The zero-order valence-corrected chi connectivity index (χ0v) is 19.0. The highest BCUT2D eigenvalue weighted by molar-refractivity contribution is 5.87. The van der Waals surface area contributed by atoms with Gasteiger partial charge >= 0.3 is 12.8 Å². The number of halogens is 6. The second kappa shape index (κ2) is 10.6. The van der Waals surface area contributed by atoms with Crippen LogP contribution in [0, 0.1) is 11.2 Å². The molecule has 0 bridgehead atoms. The molecule has 0 aliphatic rings. The molecule has 0 radical (unpaired) electrons. The van der Waals surface area contributed by atoms with Crippen LogP contribution in [0.25, 0.3) is 17.1 Å². The Morgan fingerprint density at radius 3 is 2.58 bits per heavy atom. The number of ether oxygens (including phenoxy) is 1. The molecule has 0 spiro atoms. The third kappa shape index (κ3) is 5.74. The lowest BCUT2D eigenvalue weighted by atomic mass is 10.1. The lowest BCUT2D eigenvalue weighted by Gasteiger charge is -2.14. The minimum absolute atomic E-state index is 0.0268. The van der Waals surface area contributed by atoms with Crippen molar-refractivity contribution in [2.75, 3.05) is 5.32 Å². The van der Waals surface area contributed by atoms with Crippen LogP contribution in [-0.2, 0) is 6.18 Å². The van der Waals surface area contributed by atoms with Gasteiger partial charge in [0.05, 0.1) is 23.1 Å². The first-order valence-electron chi connectivity index (χ1n) is 10.6. The standard InChI is InChI=1S/C24H16F6N6O2/c25-17-13-16(36-21(7-10-32-36)38-23(26)27)4-5-19(17)35-11-8-20(37)22(34-35)18(6-9-31)33-15-3-1-2-14(12-15)24(28,29)30/h1-13,23,31,33H/b18-6-,31-9?. The van der Waals surface area contributed by atoms with Crippen molar-refractivity contribution < 1.29 is 31.1 Å². The molecule has 0 fully saturated rings. The summed E-state index contributed by atoms with van der Waals surface area (Å²) in [4.78, 5) is 12.6. The SMILES string of the molecule is N=C/C=C(\Nc1cccc(C(F)(F)F)c1)c1nn(-c2ccc(-n3nccc3OC(F)F)cc2F)ccc1=O. The number of alkyl halides is 5. The van der Waals surface area contributed by atoms with Crippen LogP contribution < -0.4 is 15.5 Å². The summed E-state index contributed by atoms with van der Waals surface area (Å²) in [7, 11) is 0. The van der Waals surface area contributed by atoms with Gasteiger partial charge in [-0.25, -0.2) is 13.8 Å². The van der Waals surface area contributed by atoms with Crippen molar-refractivity contribution in [3.05, 3.63) is 100 Å². The molecule has 2 N–H and O–H groups in total. The van der Waals surface area contributed by atoms with Crippen molar-refractivity contribution in [3.8, 4) is 17.3 Å². The van der Waals surface area contributed by atoms with Gasteiger partial charge in [0, 0.05) is 36.3 Å². The van der Waals surface area contributed by atoms with E-state index < -0.39 is 29.6 Å². The van der Waals surface area contributed by atoms with Gasteiger partial charge in [-0.3, -0.25) is 4.79 Å². The molecule has 0 atom stereocenters. The molecule has 2 aromatic carbocycles. The molecule has 0 unspecified atom stereocenters. The Bertz CT molecular complexity index is 1560. The van der Waals surface area contributed by atoms with Crippen molar-refractivity contribution in [2.24, 2.45) is 0 Å². The highest BCUT2D eigenvalue weighted by Crippen LogP contribution is 2.31. The first-order valence-corrected chi connectivity index (χ1v) is 10.6. The molecule has 38 heavy (non-hydrogen) atoms. The zero-order valence-electron chi connectivity index (χ0n) is 19.0. The normalized spacial score (nSPS) is 12.0. The molecule has 4 rings (SSSR count). The highest BCUT2D eigenvalue weighted by atomic mass is 19.4. The maximum absolute atomic E-state index is 15.1. The first kappa shape index (κ1) is 26.2. The van der Waals surface area contributed by atoms with E-state index in [2.05, 4.69) is 20.3 Å². The molecular formula is C24H16F6N6O2. The second-order valence-electron chi connectivity index (χ2n) is 7.52. The molecule has 4 aromatic rings.